The molecule has 4 nitrogen and oxygen atoms in total. The lowest BCUT2D eigenvalue weighted by Gasteiger charge is -2.51. The van der Waals surface area contributed by atoms with E-state index in [4.69, 9.17) is 13.6 Å². The maximum atomic E-state index is 12.2. The third-order valence-corrected chi connectivity index (χ3v) is 15.2. The molecule has 1 aliphatic carbocycles. The molecule has 0 saturated heterocycles. The predicted molar refractivity (Wildman–Crippen MR) is 118 cm³/mol. The molecule has 1 atom stereocenters. The minimum absolute atomic E-state index is 0.0203. The number of rotatable bonds is 6. The Labute approximate surface area is 169 Å². The van der Waals surface area contributed by atoms with Crippen molar-refractivity contribution in [1.29, 1.82) is 0 Å². The lowest BCUT2D eigenvalue weighted by molar-refractivity contribution is -0.318. The molecule has 0 fully saturated rings. The topological polar surface area (TPSA) is 44.8 Å². The number of esters is 1. The van der Waals surface area contributed by atoms with E-state index in [1.54, 1.807) is 0 Å². The van der Waals surface area contributed by atoms with Crippen molar-refractivity contribution in [2.24, 2.45) is 5.92 Å². The Kier molecular flexibility index (Phi) is 7.41. The van der Waals surface area contributed by atoms with Crippen LogP contribution in [0.5, 0.6) is 0 Å². The number of ether oxygens (including phenoxy) is 1. The Morgan fingerprint density at radius 1 is 0.926 bits per heavy atom. The van der Waals surface area contributed by atoms with Gasteiger partial charge in [0.1, 0.15) is 0 Å². The molecule has 0 amide bonds. The molecule has 0 unspecified atom stereocenters. The van der Waals surface area contributed by atoms with Crippen molar-refractivity contribution in [2.75, 3.05) is 0 Å². The standard InChI is InChI=1S/C21H42O4Si2/c1-17(22)23-21(18-15-13-12-14-16-18,24-26(8,9)19(2,3)4)25-27(10,11)20(5,6)7/h13,15,18H,12,14,16H2,1-11H3/t18-/m1/s1. The molecule has 0 bridgehead atoms. The second-order valence-corrected chi connectivity index (χ2v) is 20.3. The summed E-state index contributed by atoms with van der Waals surface area (Å²) in [6.07, 6.45) is 7.29. The SMILES string of the molecule is CC(=O)OC(O[Si](C)(C)C(C)(C)C)(O[Si](C)(C)C(C)(C)C)[C@@H]1C=CCCC1. The Bertz CT molecular complexity index is 526. The van der Waals surface area contributed by atoms with Crippen LogP contribution in [0.2, 0.25) is 36.3 Å². The molecule has 0 aromatic carbocycles. The first-order valence-corrected chi connectivity index (χ1v) is 16.0. The van der Waals surface area contributed by atoms with E-state index in [1.165, 1.54) is 6.92 Å². The van der Waals surface area contributed by atoms with Crippen LogP contribution in [0, 0.1) is 5.92 Å². The molecule has 0 N–H and O–H groups in total. The lowest BCUT2D eigenvalue weighted by Crippen LogP contribution is -2.61. The molecule has 1 rings (SSSR count). The summed E-state index contributed by atoms with van der Waals surface area (Å²) in [6, 6.07) is 0. The summed E-state index contributed by atoms with van der Waals surface area (Å²) in [5.74, 6) is -1.78. The van der Waals surface area contributed by atoms with Crippen LogP contribution in [0.4, 0.5) is 0 Å². The normalized spacial score (nSPS) is 19.9. The van der Waals surface area contributed by atoms with Crippen molar-refractivity contribution >= 4 is 22.6 Å². The Balaban J connectivity index is 3.51. The maximum absolute atomic E-state index is 12.2. The van der Waals surface area contributed by atoms with Gasteiger partial charge in [-0.3, -0.25) is 4.79 Å². The van der Waals surface area contributed by atoms with Gasteiger partial charge in [0.15, 0.2) is 16.6 Å². The van der Waals surface area contributed by atoms with Crippen LogP contribution in [-0.2, 0) is 18.4 Å². The Morgan fingerprint density at radius 2 is 1.37 bits per heavy atom. The zero-order valence-electron chi connectivity index (χ0n) is 19.5. The van der Waals surface area contributed by atoms with Crippen molar-refractivity contribution in [3.05, 3.63) is 12.2 Å². The summed E-state index contributed by atoms with van der Waals surface area (Å²) in [4.78, 5) is 12.2. The van der Waals surface area contributed by atoms with Gasteiger partial charge in [-0.05, 0) is 55.5 Å². The van der Waals surface area contributed by atoms with E-state index >= 15 is 0 Å². The number of carbonyl (C=O) groups is 1. The highest BCUT2D eigenvalue weighted by Crippen LogP contribution is 2.48. The summed E-state index contributed by atoms with van der Waals surface area (Å²) < 4.78 is 19.6. The van der Waals surface area contributed by atoms with E-state index in [-0.39, 0.29) is 22.0 Å². The molecule has 0 radical (unpaired) electrons. The minimum Gasteiger partial charge on any atom is -0.409 e. The molecular formula is C21H42O4Si2. The predicted octanol–water partition coefficient (Wildman–Crippen LogP) is 6.60. The van der Waals surface area contributed by atoms with Crippen LogP contribution in [0.3, 0.4) is 0 Å². The van der Waals surface area contributed by atoms with E-state index in [2.05, 4.69) is 79.9 Å². The summed E-state index contributed by atoms with van der Waals surface area (Å²) in [5.41, 5.74) is 0. The summed E-state index contributed by atoms with van der Waals surface area (Å²) in [7, 11) is -4.53. The van der Waals surface area contributed by atoms with Crippen LogP contribution in [-0.4, -0.2) is 28.6 Å². The fraction of sp³-hybridized carbons (Fsp3) is 0.857. The zero-order chi connectivity index (χ0) is 21.3. The monoisotopic (exact) mass is 414 g/mol. The van der Waals surface area contributed by atoms with Gasteiger partial charge in [-0.1, -0.05) is 53.7 Å². The fourth-order valence-electron chi connectivity index (χ4n) is 2.61. The number of carbonyl (C=O) groups excluding carboxylic acids is 1. The Morgan fingerprint density at radius 3 is 1.67 bits per heavy atom. The summed E-state index contributed by atoms with van der Waals surface area (Å²) >= 11 is 0. The third kappa shape index (κ3) is 6.02. The Hall–Kier alpha value is -0.436. The lowest BCUT2D eigenvalue weighted by atomic mass is 9.94. The van der Waals surface area contributed by atoms with Gasteiger partial charge in [-0.2, -0.15) is 0 Å². The highest BCUT2D eigenvalue weighted by Gasteiger charge is 2.56. The average Bonchev–Trinajstić information content (AvgIpc) is 2.43. The average molecular weight is 415 g/mol. The van der Waals surface area contributed by atoms with Crippen molar-refractivity contribution in [3.8, 4) is 0 Å². The quantitative estimate of drug-likeness (QED) is 0.212. The van der Waals surface area contributed by atoms with E-state index in [0.29, 0.717) is 0 Å². The molecule has 0 spiro atoms. The highest BCUT2D eigenvalue weighted by molar-refractivity contribution is 6.75. The van der Waals surface area contributed by atoms with E-state index < -0.39 is 22.6 Å². The van der Waals surface area contributed by atoms with Crippen molar-refractivity contribution < 1.29 is 18.4 Å². The second kappa shape index (κ2) is 8.13. The first-order valence-electron chi connectivity index (χ1n) is 10.2. The molecule has 0 aromatic heterocycles. The third-order valence-electron chi connectivity index (χ3n) is 6.40. The van der Waals surface area contributed by atoms with Crippen LogP contribution in [0.1, 0.15) is 67.7 Å². The molecular weight excluding hydrogens is 372 g/mol. The molecule has 0 aliphatic heterocycles. The van der Waals surface area contributed by atoms with Gasteiger partial charge in [0.2, 0.25) is 0 Å². The number of hydrogen-bond donors (Lipinski definition) is 0. The van der Waals surface area contributed by atoms with Gasteiger partial charge in [0.25, 0.3) is 0 Å². The van der Waals surface area contributed by atoms with Crippen LogP contribution in [0.25, 0.3) is 0 Å². The smallest absolute Gasteiger partial charge is 0.317 e. The van der Waals surface area contributed by atoms with Gasteiger partial charge in [0.05, 0.1) is 5.92 Å². The maximum Gasteiger partial charge on any atom is 0.317 e. The highest BCUT2D eigenvalue weighted by atomic mass is 28.4. The minimum atomic E-state index is -2.26. The largest absolute Gasteiger partial charge is 0.409 e. The van der Waals surface area contributed by atoms with Crippen LogP contribution >= 0.6 is 0 Å². The zero-order valence-corrected chi connectivity index (χ0v) is 21.5. The van der Waals surface area contributed by atoms with Gasteiger partial charge in [0, 0.05) is 6.92 Å². The summed E-state index contributed by atoms with van der Waals surface area (Å²) in [5, 5.41) is -0.0405. The van der Waals surface area contributed by atoms with Crippen LogP contribution in [0.15, 0.2) is 12.2 Å². The number of allylic oxidation sites excluding steroid dienone is 1. The van der Waals surface area contributed by atoms with Crippen molar-refractivity contribution in [2.45, 2.75) is 110 Å². The molecule has 0 saturated carbocycles. The molecule has 6 heteroatoms. The molecule has 158 valence electrons. The number of hydrogen-bond acceptors (Lipinski definition) is 4. The fourth-order valence-corrected chi connectivity index (χ4v) is 5.20. The second-order valence-electron chi connectivity index (χ2n) is 10.9. The molecule has 1 aliphatic rings. The summed E-state index contributed by atoms with van der Waals surface area (Å²) in [6.45, 7) is 23.4. The van der Waals surface area contributed by atoms with Crippen molar-refractivity contribution in [1.82, 2.24) is 0 Å². The van der Waals surface area contributed by atoms with E-state index in [9.17, 15) is 4.79 Å². The first kappa shape index (κ1) is 24.6. The molecule has 0 heterocycles. The van der Waals surface area contributed by atoms with Crippen molar-refractivity contribution in [3.63, 3.8) is 0 Å². The first-order chi connectivity index (χ1) is 11.9. The molecule has 0 aromatic rings. The van der Waals surface area contributed by atoms with E-state index in [0.717, 1.165) is 19.3 Å². The van der Waals surface area contributed by atoms with Crippen LogP contribution < -0.4 is 0 Å². The van der Waals surface area contributed by atoms with E-state index in [1.807, 2.05) is 0 Å². The van der Waals surface area contributed by atoms with Gasteiger partial charge in [-0.15, -0.1) is 0 Å². The molecule has 27 heavy (non-hydrogen) atoms. The van der Waals surface area contributed by atoms with Gasteiger partial charge < -0.3 is 13.6 Å². The van der Waals surface area contributed by atoms with Gasteiger partial charge >= 0.3 is 11.9 Å². The van der Waals surface area contributed by atoms with Gasteiger partial charge in [-0.25, -0.2) is 0 Å².